The zero-order valence-corrected chi connectivity index (χ0v) is 7.24. The lowest BCUT2D eigenvalue weighted by Gasteiger charge is -1.99. The topological polar surface area (TPSA) is 63.1 Å². The molecule has 0 bridgehead atoms. The van der Waals surface area contributed by atoms with Gasteiger partial charge in [-0.1, -0.05) is 0 Å². The molecule has 6 heteroatoms. The van der Waals surface area contributed by atoms with Crippen molar-refractivity contribution in [2.45, 2.75) is 0 Å². The first-order valence-corrected chi connectivity index (χ1v) is 3.93. The van der Waals surface area contributed by atoms with Crippen LogP contribution in [0.4, 0.5) is 8.78 Å². The van der Waals surface area contributed by atoms with E-state index >= 15 is 0 Å². The first-order valence-electron chi connectivity index (χ1n) is 3.93. The molecule has 0 aliphatic rings. The van der Waals surface area contributed by atoms with Gasteiger partial charge in [0.15, 0.2) is 11.6 Å². The van der Waals surface area contributed by atoms with Gasteiger partial charge >= 0.3 is 5.97 Å². The van der Waals surface area contributed by atoms with Crippen LogP contribution in [0, 0.1) is 11.6 Å². The molecule has 0 spiro atoms. The fraction of sp³-hybridized carbons (Fsp3) is 0. The largest absolute Gasteiger partial charge is 0.475 e. The molecule has 76 valence electrons. The summed E-state index contributed by atoms with van der Waals surface area (Å²) in [5.41, 5.74) is 0.0568. The normalized spacial score (nSPS) is 10.5. The number of nitrogens with zero attached hydrogens (tertiary/aromatic N) is 2. The predicted octanol–water partition coefficient (Wildman–Crippen LogP) is 1.61. The Labute approximate surface area is 82.2 Å². The Hall–Kier alpha value is -2.11. The van der Waals surface area contributed by atoms with Crippen LogP contribution in [0.2, 0.25) is 0 Å². The van der Waals surface area contributed by atoms with Gasteiger partial charge in [-0.25, -0.2) is 23.5 Å². The third-order valence-corrected chi connectivity index (χ3v) is 1.81. The van der Waals surface area contributed by atoms with E-state index in [4.69, 9.17) is 5.11 Å². The van der Waals surface area contributed by atoms with Crippen molar-refractivity contribution in [3.05, 3.63) is 35.8 Å². The first-order chi connectivity index (χ1) is 7.08. The molecule has 2 rings (SSSR count). The third kappa shape index (κ3) is 1.61. The maximum atomic E-state index is 12.8. The van der Waals surface area contributed by atoms with E-state index in [1.807, 2.05) is 0 Å². The zero-order valence-electron chi connectivity index (χ0n) is 7.24. The number of benzene rings is 1. The Balaban J connectivity index is 2.72. The van der Waals surface area contributed by atoms with Crippen LogP contribution in [-0.4, -0.2) is 21.0 Å². The highest BCUT2D eigenvalue weighted by atomic mass is 19.2. The van der Waals surface area contributed by atoms with Gasteiger partial charge in [-0.15, -0.1) is 0 Å². The second-order valence-corrected chi connectivity index (χ2v) is 2.82. The molecule has 0 amide bonds. The highest BCUT2D eigenvalue weighted by molar-refractivity contribution is 5.87. The molecule has 0 saturated heterocycles. The maximum absolute atomic E-state index is 12.8. The van der Waals surface area contributed by atoms with Crippen LogP contribution >= 0.6 is 0 Å². The molecular weight excluding hydrogens is 206 g/mol. The number of halogens is 2. The Morgan fingerprint density at radius 1 is 1.27 bits per heavy atom. The minimum Gasteiger partial charge on any atom is -0.475 e. The average Bonchev–Trinajstić information content (AvgIpc) is 2.19. The van der Waals surface area contributed by atoms with E-state index in [0.29, 0.717) is 0 Å². The van der Waals surface area contributed by atoms with Crippen LogP contribution in [0.1, 0.15) is 10.6 Å². The lowest BCUT2D eigenvalue weighted by atomic mass is 10.2. The van der Waals surface area contributed by atoms with Crippen LogP contribution in [0.25, 0.3) is 10.9 Å². The molecule has 0 unspecified atom stereocenters. The van der Waals surface area contributed by atoms with Crippen LogP contribution < -0.4 is 0 Å². The molecule has 1 aromatic carbocycles. The van der Waals surface area contributed by atoms with Crippen molar-refractivity contribution in [3.8, 4) is 0 Å². The van der Waals surface area contributed by atoms with Crippen molar-refractivity contribution in [2.24, 2.45) is 0 Å². The molecular formula is C9H4F2N2O2. The second-order valence-electron chi connectivity index (χ2n) is 2.82. The summed E-state index contributed by atoms with van der Waals surface area (Å²) < 4.78 is 25.6. The number of aromatic nitrogens is 2. The second kappa shape index (κ2) is 3.23. The highest BCUT2D eigenvalue weighted by Crippen LogP contribution is 2.15. The van der Waals surface area contributed by atoms with Gasteiger partial charge in [0.1, 0.15) is 0 Å². The summed E-state index contributed by atoms with van der Waals surface area (Å²) in [6.45, 7) is 0. The molecule has 0 radical (unpaired) electrons. The van der Waals surface area contributed by atoms with Gasteiger partial charge in [0.25, 0.3) is 0 Å². The maximum Gasteiger partial charge on any atom is 0.373 e. The number of fused-ring (bicyclic) bond motifs is 1. The van der Waals surface area contributed by atoms with Crippen molar-refractivity contribution >= 4 is 16.9 Å². The van der Waals surface area contributed by atoms with Gasteiger partial charge in [-0.3, -0.25) is 0 Å². The van der Waals surface area contributed by atoms with Gasteiger partial charge in [-0.05, 0) is 6.07 Å². The lowest BCUT2D eigenvalue weighted by Crippen LogP contribution is -2.03. The highest BCUT2D eigenvalue weighted by Gasteiger charge is 2.10. The van der Waals surface area contributed by atoms with Gasteiger partial charge < -0.3 is 5.11 Å². The van der Waals surface area contributed by atoms with Crippen molar-refractivity contribution < 1.29 is 18.7 Å². The van der Waals surface area contributed by atoms with Crippen molar-refractivity contribution in [1.82, 2.24) is 9.97 Å². The minimum absolute atomic E-state index is 0.0568. The van der Waals surface area contributed by atoms with Gasteiger partial charge in [0.2, 0.25) is 5.82 Å². The molecule has 0 fully saturated rings. The Bertz CT molecular complexity index is 557. The quantitative estimate of drug-likeness (QED) is 0.776. The molecule has 0 saturated carbocycles. The Kier molecular flexibility index (Phi) is 2.03. The van der Waals surface area contributed by atoms with E-state index in [-0.39, 0.29) is 10.9 Å². The number of carbonyl (C=O) groups is 1. The molecule has 1 aromatic heterocycles. The van der Waals surface area contributed by atoms with E-state index in [0.717, 1.165) is 18.3 Å². The van der Waals surface area contributed by atoms with Crippen molar-refractivity contribution in [2.75, 3.05) is 0 Å². The molecule has 4 nitrogen and oxygen atoms in total. The smallest absolute Gasteiger partial charge is 0.373 e. The van der Waals surface area contributed by atoms with Crippen LogP contribution in [0.3, 0.4) is 0 Å². The molecule has 0 atom stereocenters. The van der Waals surface area contributed by atoms with Gasteiger partial charge in [0.05, 0.1) is 5.52 Å². The van der Waals surface area contributed by atoms with Crippen molar-refractivity contribution in [1.29, 1.82) is 0 Å². The van der Waals surface area contributed by atoms with Crippen LogP contribution in [0.5, 0.6) is 0 Å². The first kappa shape index (κ1) is 9.45. The van der Waals surface area contributed by atoms with Gasteiger partial charge in [-0.2, -0.15) is 0 Å². The lowest BCUT2D eigenvalue weighted by molar-refractivity contribution is 0.0684. The standard InChI is InChI=1S/C9H4F2N2O2/c10-5-1-4-3-12-8(9(14)15)13-7(4)2-6(5)11/h1-3H,(H,14,15). The number of carboxylic acids is 1. The van der Waals surface area contributed by atoms with E-state index in [1.54, 1.807) is 0 Å². The fourth-order valence-corrected chi connectivity index (χ4v) is 1.13. The number of aromatic carboxylic acids is 1. The monoisotopic (exact) mass is 210 g/mol. The summed E-state index contributed by atoms with van der Waals surface area (Å²) in [5, 5.41) is 8.82. The molecule has 0 aliphatic carbocycles. The summed E-state index contributed by atoms with van der Waals surface area (Å²) in [7, 11) is 0. The van der Waals surface area contributed by atoms with Crippen LogP contribution in [-0.2, 0) is 0 Å². The number of hydrogen-bond donors (Lipinski definition) is 1. The summed E-state index contributed by atoms with van der Waals surface area (Å²) in [6.07, 6.45) is 1.13. The van der Waals surface area contributed by atoms with Gasteiger partial charge in [0, 0.05) is 17.6 Å². The number of carboxylic acid groups (broad SMARTS) is 1. The summed E-state index contributed by atoms with van der Waals surface area (Å²) >= 11 is 0. The van der Waals surface area contributed by atoms with E-state index in [2.05, 4.69) is 9.97 Å². The average molecular weight is 210 g/mol. The molecule has 2 aromatic rings. The molecule has 0 aliphatic heterocycles. The predicted molar refractivity (Wildman–Crippen MR) is 46.4 cm³/mol. The van der Waals surface area contributed by atoms with E-state index < -0.39 is 23.4 Å². The molecule has 1 N–H and O–H groups in total. The third-order valence-electron chi connectivity index (χ3n) is 1.81. The summed E-state index contributed by atoms with van der Waals surface area (Å²) in [6, 6.07) is 1.75. The number of hydrogen-bond acceptors (Lipinski definition) is 3. The van der Waals surface area contributed by atoms with Crippen LogP contribution in [0.15, 0.2) is 18.3 Å². The minimum atomic E-state index is -1.32. The summed E-state index contributed by atoms with van der Waals surface area (Å²) in [5.74, 6) is -3.86. The Morgan fingerprint density at radius 2 is 1.93 bits per heavy atom. The number of rotatable bonds is 1. The van der Waals surface area contributed by atoms with E-state index in [9.17, 15) is 13.6 Å². The zero-order chi connectivity index (χ0) is 11.0. The molecule has 1 heterocycles. The van der Waals surface area contributed by atoms with E-state index in [1.165, 1.54) is 0 Å². The Morgan fingerprint density at radius 3 is 2.60 bits per heavy atom. The SMILES string of the molecule is O=C(O)c1ncc2cc(F)c(F)cc2n1. The fourth-order valence-electron chi connectivity index (χ4n) is 1.13. The molecule has 15 heavy (non-hydrogen) atoms. The van der Waals surface area contributed by atoms with Crippen molar-refractivity contribution in [3.63, 3.8) is 0 Å². The summed E-state index contributed by atoms with van der Waals surface area (Å²) in [4.78, 5) is 17.5.